The van der Waals surface area contributed by atoms with Crippen LogP contribution in [0.25, 0.3) is 0 Å². The Labute approximate surface area is 149 Å². The molecule has 1 amide bonds. The van der Waals surface area contributed by atoms with Crippen molar-refractivity contribution in [2.75, 3.05) is 19.0 Å². The highest BCUT2D eigenvalue weighted by molar-refractivity contribution is 7.99. The van der Waals surface area contributed by atoms with Gasteiger partial charge in [-0.3, -0.25) is 4.79 Å². The number of thioether (sulfide) groups is 1. The summed E-state index contributed by atoms with van der Waals surface area (Å²) >= 11 is 1.28. The minimum Gasteiger partial charge on any atom is -0.486 e. The van der Waals surface area contributed by atoms with Gasteiger partial charge in [-0.05, 0) is 43.7 Å². The molecule has 130 valence electrons. The fraction of sp³-hybridized carbons (Fsp3) is 0.294. The van der Waals surface area contributed by atoms with E-state index in [0.29, 0.717) is 24.1 Å². The molecule has 0 fully saturated rings. The summed E-state index contributed by atoms with van der Waals surface area (Å²) in [5.41, 5.74) is 5.07. The van der Waals surface area contributed by atoms with Crippen LogP contribution in [0.5, 0.6) is 11.5 Å². The highest BCUT2D eigenvalue weighted by Crippen LogP contribution is 2.30. The van der Waals surface area contributed by atoms with Crippen LogP contribution in [0.2, 0.25) is 0 Å². The maximum absolute atomic E-state index is 11.9. The molecule has 0 saturated carbocycles. The lowest BCUT2D eigenvalue weighted by molar-refractivity contribution is -0.118. The molecule has 0 radical (unpaired) electrons. The first-order chi connectivity index (χ1) is 12.1. The summed E-state index contributed by atoms with van der Waals surface area (Å²) in [4.78, 5) is 20.4. The summed E-state index contributed by atoms with van der Waals surface area (Å²) in [6.45, 7) is 4.88. The number of ether oxygens (including phenoxy) is 2. The second-order valence-corrected chi connectivity index (χ2v) is 6.36. The Morgan fingerprint density at radius 1 is 1.20 bits per heavy atom. The second kappa shape index (κ2) is 7.98. The normalized spacial score (nSPS) is 13.0. The smallest absolute Gasteiger partial charge is 0.250 e. The first kappa shape index (κ1) is 17.2. The Morgan fingerprint density at radius 3 is 2.68 bits per heavy atom. The standard InChI is InChI=1S/C17H18N4O3S/c1-11-7-12(2)20-17(19-11)25-10-16(22)21-18-9-13-3-4-14-15(8-13)24-6-5-23-14/h3-4,7-9H,5-6,10H2,1-2H3,(H,21,22). The molecule has 0 atom stereocenters. The van der Waals surface area contributed by atoms with E-state index in [4.69, 9.17) is 9.47 Å². The van der Waals surface area contributed by atoms with Crippen LogP contribution in [-0.4, -0.2) is 41.1 Å². The molecule has 8 heteroatoms. The largest absolute Gasteiger partial charge is 0.486 e. The Balaban J connectivity index is 1.51. The van der Waals surface area contributed by atoms with Crippen molar-refractivity contribution in [2.24, 2.45) is 5.10 Å². The van der Waals surface area contributed by atoms with Crippen LogP contribution < -0.4 is 14.9 Å². The number of aryl methyl sites for hydroxylation is 2. The molecule has 1 aromatic carbocycles. The van der Waals surface area contributed by atoms with Gasteiger partial charge in [-0.1, -0.05) is 11.8 Å². The summed E-state index contributed by atoms with van der Waals surface area (Å²) in [7, 11) is 0. The van der Waals surface area contributed by atoms with E-state index in [2.05, 4.69) is 20.5 Å². The molecule has 2 aromatic rings. The van der Waals surface area contributed by atoms with E-state index in [1.54, 1.807) is 6.21 Å². The van der Waals surface area contributed by atoms with Crippen molar-refractivity contribution in [1.29, 1.82) is 0 Å². The molecule has 1 aromatic heterocycles. The van der Waals surface area contributed by atoms with E-state index in [0.717, 1.165) is 22.7 Å². The van der Waals surface area contributed by atoms with E-state index >= 15 is 0 Å². The zero-order valence-electron chi connectivity index (χ0n) is 14.0. The molecule has 3 rings (SSSR count). The number of hydrogen-bond acceptors (Lipinski definition) is 7. The van der Waals surface area contributed by atoms with Gasteiger partial charge in [-0.2, -0.15) is 5.10 Å². The number of hydrazone groups is 1. The molecule has 0 bridgehead atoms. The van der Waals surface area contributed by atoms with E-state index in [9.17, 15) is 4.79 Å². The number of nitrogens with zero attached hydrogens (tertiary/aromatic N) is 3. The molecule has 7 nitrogen and oxygen atoms in total. The average molecular weight is 358 g/mol. The Morgan fingerprint density at radius 2 is 1.92 bits per heavy atom. The van der Waals surface area contributed by atoms with Crippen LogP contribution in [0, 0.1) is 13.8 Å². The predicted molar refractivity (Wildman–Crippen MR) is 95.4 cm³/mol. The highest BCUT2D eigenvalue weighted by Gasteiger charge is 2.11. The van der Waals surface area contributed by atoms with E-state index in [-0.39, 0.29) is 11.7 Å². The lowest BCUT2D eigenvalue weighted by Gasteiger charge is -2.18. The fourth-order valence-corrected chi connectivity index (χ4v) is 2.98. The Kier molecular flexibility index (Phi) is 5.49. The molecular weight excluding hydrogens is 340 g/mol. The first-order valence-corrected chi connectivity index (χ1v) is 8.75. The van der Waals surface area contributed by atoms with Crippen molar-refractivity contribution in [1.82, 2.24) is 15.4 Å². The van der Waals surface area contributed by atoms with Crippen molar-refractivity contribution in [3.8, 4) is 11.5 Å². The van der Waals surface area contributed by atoms with Gasteiger partial charge in [0.15, 0.2) is 16.7 Å². The predicted octanol–water partition coefficient (Wildman–Crippen LogP) is 2.11. The molecule has 0 spiro atoms. The number of aromatic nitrogens is 2. The third-order valence-corrected chi connectivity index (χ3v) is 4.11. The van der Waals surface area contributed by atoms with Gasteiger partial charge in [0.2, 0.25) is 0 Å². The van der Waals surface area contributed by atoms with E-state index in [1.807, 2.05) is 38.1 Å². The van der Waals surface area contributed by atoms with Crippen molar-refractivity contribution < 1.29 is 14.3 Å². The molecule has 0 unspecified atom stereocenters. The van der Waals surface area contributed by atoms with Crippen LogP contribution in [0.1, 0.15) is 17.0 Å². The number of carbonyl (C=O) groups is 1. The summed E-state index contributed by atoms with van der Waals surface area (Å²) in [6.07, 6.45) is 1.56. The lowest BCUT2D eigenvalue weighted by atomic mass is 10.2. The summed E-state index contributed by atoms with van der Waals surface area (Å²) in [6, 6.07) is 7.39. The molecule has 1 aliphatic rings. The van der Waals surface area contributed by atoms with Gasteiger partial charge in [0.1, 0.15) is 13.2 Å². The van der Waals surface area contributed by atoms with Gasteiger partial charge in [-0.15, -0.1) is 0 Å². The Bertz CT molecular complexity index is 790. The zero-order valence-corrected chi connectivity index (χ0v) is 14.8. The highest BCUT2D eigenvalue weighted by atomic mass is 32.2. The van der Waals surface area contributed by atoms with Crippen molar-refractivity contribution in [3.05, 3.63) is 41.2 Å². The third kappa shape index (κ3) is 4.93. The zero-order chi connectivity index (χ0) is 17.6. The summed E-state index contributed by atoms with van der Waals surface area (Å²) in [5.74, 6) is 1.38. The number of benzene rings is 1. The number of rotatable bonds is 5. The van der Waals surface area contributed by atoms with Crippen LogP contribution in [0.15, 0.2) is 34.5 Å². The fourth-order valence-electron chi connectivity index (χ4n) is 2.24. The maximum atomic E-state index is 11.9. The first-order valence-electron chi connectivity index (χ1n) is 7.77. The van der Waals surface area contributed by atoms with Gasteiger partial charge in [-0.25, -0.2) is 15.4 Å². The lowest BCUT2D eigenvalue weighted by Crippen LogP contribution is -2.20. The minimum absolute atomic E-state index is 0.196. The summed E-state index contributed by atoms with van der Waals surface area (Å²) < 4.78 is 11.0. The van der Waals surface area contributed by atoms with Crippen LogP contribution >= 0.6 is 11.8 Å². The van der Waals surface area contributed by atoms with E-state index < -0.39 is 0 Å². The number of hydrogen-bond donors (Lipinski definition) is 1. The van der Waals surface area contributed by atoms with Crippen LogP contribution in [-0.2, 0) is 4.79 Å². The molecule has 25 heavy (non-hydrogen) atoms. The topological polar surface area (TPSA) is 85.7 Å². The quantitative estimate of drug-likeness (QED) is 0.381. The second-order valence-electron chi connectivity index (χ2n) is 5.42. The van der Waals surface area contributed by atoms with Gasteiger partial charge in [0.05, 0.1) is 12.0 Å². The molecule has 2 heterocycles. The Hall–Kier alpha value is -2.61. The molecular formula is C17H18N4O3S. The van der Waals surface area contributed by atoms with Gasteiger partial charge in [0.25, 0.3) is 5.91 Å². The summed E-state index contributed by atoms with van der Waals surface area (Å²) in [5, 5.41) is 4.55. The number of nitrogens with one attached hydrogen (secondary N) is 1. The van der Waals surface area contributed by atoms with Crippen LogP contribution in [0.4, 0.5) is 0 Å². The maximum Gasteiger partial charge on any atom is 0.250 e. The van der Waals surface area contributed by atoms with Crippen molar-refractivity contribution >= 4 is 23.9 Å². The van der Waals surface area contributed by atoms with E-state index in [1.165, 1.54) is 11.8 Å². The van der Waals surface area contributed by atoms with Crippen molar-refractivity contribution in [3.63, 3.8) is 0 Å². The minimum atomic E-state index is -0.221. The van der Waals surface area contributed by atoms with Crippen LogP contribution in [0.3, 0.4) is 0 Å². The third-order valence-electron chi connectivity index (χ3n) is 3.26. The number of amides is 1. The van der Waals surface area contributed by atoms with Gasteiger partial charge in [0, 0.05) is 11.4 Å². The molecule has 0 aliphatic carbocycles. The van der Waals surface area contributed by atoms with Gasteiger partial charge < -0.3 is 9.47 Å². The molecule has 1 aliphatic heterocycles. The monoisotopic (exact) mass is 358 g/mol. The average Bonchev–Trinajstić information content (AvgIpc) is 2.59. The molecule has 0 saturated heterocycles. The number of carbonyl (C=O) groups excluding carboxylic acids is 1. The van der Waals surface area contributed by atoms with Crippen molar-refractivity contribution in [2.45, 2.75) is 19.0 Å². The SMILES string of the molecule is Cc1cc(C)nc(SCC(=O)NN=Cc2ccc3c(c2)OCCO3)n1. The molecule has 1 N–H and O–H groups in total. The van der Waals surface area contributed by atoms with Gasteiger partial charge >= 0.3 is 0 Å². The number of fused-ring (bicyclic) bond motifs is 1.